The largest absolute Gasteiger partial charge is 0.349 e. The summed E-state index contributed by atoms with van der Waals surface area (Å²) in [5.74, 6) is -0.0745. The van der Waals surface area contributed by atoms with Crippen LogP contribution in [0.25, 0.3) is 0 Å². The molecule has 0 saturated carbocycles. The fourth-order valence-corrected chi connectivity index (χ4v) is 1.99. The third-order valence-corrected chi connectivity index (χ3v) is 2.91. The molecule has 1 amide bonds. The minimum Gasteiger partial charge on any atom is -0.349 e. The molecule has 5 nitrogen and oxygen atoms in total. The zero-order valence-corrected chi connectivity index (χ0v) is 9.41. The number of aromatic amines is 1. The van der Waals surface area contributed by atoms with Crippen LogP contribution in [0.15, 0.2) is 12.3 Å². The third kappa shape index (κ3) is 3.06. The summed E-state index contributed by atoms with van der Waals surface area (Å²) in [6.45, 7) is 3.98. The lowest BCUT2D eigenvalue weighted by Crippen LogP contribution is -2.37. The van der Waals surface area contributed by atoms with Gasteiger partial charge in [0.05, 0.1) is 0 Å². The Hall–Kier alpha value is -1.36. The number of hydrogen-bond donors (Lipinski definition) is 2. The molecule has 0 aromatic carbocycles. The number of carbonyl (C=O) groups excluding carboxylic acids is 1. The highest BCUT2D eigenvalue weighted by Gasteiger charge is 2.10. The van der Waals surface area contributed by atoms with Crippen LogP contribution in [0, 0.1) is 0 Å². The Morgan fingerprint density at radius 3 is 2.94 bits per heavy atom. The topological polar surface area (TPSA) is 61.0 Å². The summed E-state index contributed by atoms with van der Waals surface area (Å²) in [5, 5.41) is 9.28. The van der Waals surface area contributed by atoms with Crippen LogP contribution in [0.4, 0.5) is 0 Å². The average molecular weight is 222 g/mol. The second kappa shape index (κ2) is 5.65. The molecule has 2 rings (SSSR count). The van der Waals surface area contributed by atoms with Crippen LogP contribution in [0.3, 0.4) is 0 Å². The van der Waals surface area contributed by atoms with Gasteiger partial charge in [0.1, 0.15) is 5.69 Å². The van der Waals surface area contributed by atoms with Gasteiger partial charge in [-0.2, -0.15) is 5.10 Å². The predicted octanol–water partition coefficient (Wildman–Crippen LogP) is 0.625. The maximum atomic E-state index is 11.5. The number of nitrogens with one attached hydrogen (secondary N) is 2. The molecule has 16 heavy (non-hydrogen) atoms. The van der Waals surface area contributed by atoms with Crippen molar-refractivity contribution in [1.82, 2.24) is 20.4 Å². The fourth-order valence-electron chi connectivity index (χ4n) is 1.99. The van der Waals surface area contributed by atoms with E-state index in [1.807, 2.05) is 0 Å². The molecule has 1 aromatic rings. The van der Waals surface area contributed by atoms with Crippen molar-refractivity contribution < 1.29 is 4.79 Å². The molecule has 1 aliphatic rings. The minimum atomic E-state index is -0.0745. The molecule has 0 unspecified atom stereocenters. The highest BCUT2D eigenvalue weighted by atomic mass is 16.1. The van der Waals surface area contributed by atoms with E-state index in [0.717, 1.165) is 6.54 Å². The average Bonchev–Trinajstić information content (AvgIpc) is 2.84. The highest BCUT2D eigenvalue weighted by molar-refractivity contribution is 5.92. The summed E-state index contributed by atoms with van der Waals surface area (Å²) in [5.41, 5.74) is 0.527. The van der Waals surface area contributed by atoms with Gasteiger partial charge in [-0.05, 0) is 32.0 Å². The number of carbonyl (C=O) groups is 1. The van der Waals surface area contributed by atoms with E-state index in [-0.39, 0.29) is 5.91 Å². The molecule has 2 N–H and O–H groups in total. The summed E-state index contributed by atoms with van der Waals surface area (Å²) in [4.78, 5) is 13.9. The first kappa shape index (κ1) is 11.1. The number of piperidine rings is 1. The molecule has 1 aliphatic heterocycles. The summed E-state index contributed by atoms with van der Waals surface area (Å²) in [6.07, 6.45) is 5.50. The number of aromatic nitrogens is 2. The molecule has 1 aromatic heterocycles. The molecule has 0 spiro atoms. The molecule has 0 radical (unpaired) electrons. The van der Waals surface area contributed by atoms with E-state index in [1.54, 1.807) is 12.3 Å². The number of nitrogens with zero attached hydrogens (tertiary/aromatic N) is 2. The Balaban J connectivity index is 1.66. The number of amides is 1. The molecule has 88 valence electrons. The Labute approximate surface area is 95.2 Å². The van der Waals surface area contributed by atoms with E-state index in [1.165, 1.54) is 32.4 Å². The molecule has 2 heterocycles. The van der Waals surface area contributed by atoms with Crippen LogP contribution in [-0.2, 0) is 0 Å². The van der Waals surface area contributed by atoms with Crippen molar-refractivity contribution >= 4 is 5.91 Å². The van der Waals surface area contributed by atoms with E-state index in [0.29, 0.717) is 12.2 Å². The lowest BCUT2D eigenvalue weighted by Gasteiger charge is -2.26. The SMILES string of the molecule is O=C(NCCN1CCCCC1)c1ccn[nH]1. The predicted molar refractivity (Wildman–Crippen MR) is 61.2 cm³/mol. The lowest BCUT2D eigenvalue weighted by atomic mass is 10.1. The van der Waals surface area contributed by atoms with Crippen LogP contribution in [0.2, 0.25) is 0 Å². The quantitative estimate of drug-likeness (QED) is 0.785. The van der Waals surface area contributed by atoms with E-state index >= 15 is 0 Å². The van der Waals surface area contributed by atoms with Crippen LogP contribution in [-0.4, -0.2) is 47.2 Å². The molecule has 0 aliphatic carbocycles. The van der Waals surface area contributed by atoms with E-state index in [4.69, 9.17) is 0 Å². The van der Waals surface area contributed by atoms with Crippen LogP contribution < -0.4 is 5.32 Å². The van der Waals surface area contributed by atoms with Gasteiger partial charge in [0, 0.05) is 19.3 Å². The molecular weight excluding hydrogens is 204 g/mol. The minimum absolute atomic E-state index is 0.0745. The number of rotatable bonds is 4. The Morgan fingerprint density at radius 1 is 1.44 bits per heavy atom. The van der Waals surface area contributed by atoms with Gasteiger partial charge in [0.2, 0.25) is 0 Å². The summed E-state index contributed by atoms with van der Waals surface area (Å²) < 4.78 is 0. The first-order valence-corrected chi connectivity index (χ1v) is 5.86. The van der Waals surface area contributed by atoms with Gasteiger partial charge in [0.15, 0.2) is 0 Å². The second-order valence-corrected chi connectivity index (χ2v) is 4.13. The normalized spacial score (nSPS) is 17.2. The second-order valence-electron chi connectivity index (χ2n) is 4.13. The Morgan fingerprint density at radius 2 is 2.25 bits per heavy atom. The number of hydrogen-bond acceptors (Lipinski definition) is 3. The Bertz CT molecular complexity index is 317. The van der Waals surface area contributed by atoms with Crippen molar-refractivity contribution in [3.05, 3.63) is 18.0 Å². The van der Waals surface area contributed by atoms with E-state index in [2.05, 4.69) is 20.4 Å². The van der Waals surface area contributed by atoms with Gasteiger partial charge < -0.3 is 10.2 Å². The van der Waals surface area contributed by atoms with E-state index in [9.17, 15) is 4.79 Å². The monoisotopic (exact) mass is 222 g/mol. The van der Waals surface area contributed by atoms with Crippen molar-refractivity contribution in [2.45, 2.75) is 19.3 Å². The fraction of sp³-hybridized carbons (Fsp3) is 0.636. The molecule has 0 bridgehead atoms. The van der Waals surface area contributed by atoms with Crippen molar-refractivity contribution in [2.75, 3.05) is 26.2 Å². The first-order chi connectivity index (χ1) is 7.86. The third-order valence-electron chi connectivity index (χ3n) is 2.91. The van der Waals surface area contributed by atoms with Crippen LogP contribution >= 0.6 is 0 Å². The standard InChI is InChI=1S/C11H18N4O/c16-11(10-4-5-13-14-10)12-6-9-15-7-2-1-3-8-15/h4-5H,1-3,6-9H2,(H,12,16)(H,13,14). The van der Waals surface area contributed by atoms with Crippen molar-refractivity contribution in [2.24, 2.45) is 0 Å². The maximum Gasteiger partial charge on any atom is 0.269 e. The zero-order valence-electron chi connectivity index (χ0n) is 9.41. The highest BCUT2D eigenvalue weighted by Crippen LogP contribution is 2.07. The van der Waals surface area contributed by atoms with Gasteiger partial charge in [-0.3, -0.25) is 9.89 Å². The maximum absolute atomic E-state index is 11.5. The summed E-state index contributed by atoms with van der Waals surface area (Å²) in [7, 11) is 0. The smallest absolute Gasteiger partial charge is 0.269 e. The van der Waals surface area contributed by atoms with Crippen molar-refractivity contribution in [3.8, 4) is 0 Å². The van der Waals surface area contributed by atoms with Gasteiger partial charge in [-0.1, -0.05) is 6.42 Å². The molecular formula is C11H18N4O. The van der Waals surface area contributed by atoms with Gasteiger partial charge >= 0.3 is 0 Å². The van der Waals surface area contributed by atoms with Crippen LogP contribution in [0.5, 0.6) is 0 Å². The van der Waals surface area contributed by atoms with Crippen LogP contribution in [0.1, 0.15) is 29.8 Å². The lowest BCUT2D eigenvalue weighted by molar-refractivity contribution is 0.0941. The molecule has 0 atom stereocenters. The zero-order chi connectivity index (χ0) is 11.2. The van der Waals surface area contributed by atoms with E-state index < -0.39 is 0 Å². The van der Waals surface area contributed by atoms with Gasteiger partial charge in [-0.15, -0.1) is 0 Å². The number of H-pyrrole nitrogens is 1. The summed E-state index contributed by atoms with van der Waals surface area (Å²) >= 11 is 0. The first-order valence-electron chi connectivity index (χ1n) is 5.86. The van der Waals surface area contributed by atoms with Crippen molar-refractivity contribution in [3.63, 3.8) is 0 Å². The summed E-state index contributed by atoms with van der Waals surface area (Å²) in [6, 6.07) is 1.68. The van der Waals surface area contributed by atoms with Crippen molar-refractivity contribution in [1.29, 1.82) is 0 Å². The van der Waals surface area contributed by atoms with Gasteiger partial charge in [-0.25, -0.2) is 0 Å². The Kier molecular flexibility index (Phi) is 3.93. The molecule has 5 heteroatoms. The van der Waals surface area contributed by atoms with Gasteiger partial charge in [0.25, 0.3) is 5.91 Å². The molecule has 1 saturated heterocycles. The number of likely N-dealkylation sites (tertiary alicyclic amines) is 1. The molecule has 1 fully saturated rings.